The molecule has 0 atom stereocenters. The summed E-state index contributed by atoms with van der Waals surface area (Å²) in [6, 6.07) is 16.3. The smallest absolute Gasteiger partial charge is 0.277 e. The summed E-state index contributed by atoms with van der Waals surface area (Å²) in [5.41, 5.74) is 2.15. The molecule has 0 aliphatic heterocycles. The first-order chi connectivity index (χ1) is 13.2. The number of carbonyl (C=O) groups is 2. The van der Waals surface area contributed by atoms with E-state index < -0.39 is 0 Å². The van der Waals surface area contributed by atoms with Gasteiger partial charge in [-0.3, -0.25) is 9.59 Å². The number of hydrogen-bond acceptors (Lipinski definition) is 4. The molecule has 0 radical (unpaired) electrons. The SMILES string of the molecule is CNC(=O)c1cccc(NC(=O)c2nc(-c3ccccc3)oc2C2CC2)c1. The summed E-state index contributed by atoms with van der Waals surface area (Å²) in [6.07, 6.45) is 1.99. The van der Waals surface area contributed by atoms with E-state index in [0.29, 0.717) is 28.6 Å². The van der Waals surface area contributed by atoms with E-state index in [9.17, 15) is 9.59 Å². The van der Waals surface area contributed by atoms with Crippen molar-refractivity contribution in [1.29, 1.82) is 0 Å². The molecule has 3 aromatic rings. The second kappa shape index (κ2) is 7.07. The summed E-state index contributed by atoms with van der Waals surface area (Å²) in [5.74, 6) is 0.776. The second-order valence-electron chi connectivity index (χ2n) is 6.49. The molecule has 136 valence electrons. The molecule has 27 heavy (non-hydrogen) atoms. The number of benzene rings is 2. The first-order valence-electron chi connectivity index (χ1n) is 8.85. The quantitative estimate of drug-likeness (QED) is 0.723. The lowest BCUT2D eigenvalue weighted by molar-refractivity contribution is 0.0961. The highest BCUT2D eigenvalue weighted by molar-refractivity contribution is 6.05. The number of nitrogens with one attached hydrogen (secondary N) is 2. The van der Waals surface area contributed by atoms with Crippen LogP contribution in [0.4, 0.5) is 5.69 Å². The first kappa shape index (κ1) is 17.0. The van der Waals surface area contributed by atoms with Crippen molar-refractivity contribution in [3.05, 3.63) is 71.6 Å². The van der Waals surface area contributed by atoms with Crippen molar-refractivity contribution in [1.82, 2.24) is 10.3 Å². The Morgan fingerprint density at radius 2 is 1.81 bits per heavy atom. The van der Waals surface area contributed by atoms with Crippen LogP contribution in [-0.2, 0) is 0 Å². The maximum Gasteiger partial charge on any atom is 0.277 e. The number of amides is 2. The Morgan fingerprint density at radius 1 is 1.04 bits per heavy atom. The van der Waals surface area contributed by atoms with Gasteiger partial charge in [0.1, 0.15) is 5.76 Å². The average molecular weight is 361 g/mol. The van der Waals surface area contributed by atoms with E-state index in [2.05, 4.69) is 15.6 Å². The van der Waals surface area contributed by atoms with E-state index in [-0.39, 0.29) is 17.7 Å². The molecule has 6 nitrogen and oxygen atoms in total. The maximum absolute atomic E-state index is 12.8. The second-order valence-corrected chi connectivity index (χ2v) is 6.49. The Morgan fingerprint density at radius 3 is 2.52 bits per heavy atom. The third kappa shape index (κ3) is 3.60. The molecule has 6 heteroatoms. The van der Waals surface area contributed by atoms with Crippen molar-refractivity contribution in [2.24, 2.45) is 0 Å². The van der Waals surface area contributed by atoms with Gasteiger partial charge in [-0.05, 0) is 43.2 Å². The average Bonchev–Trinajstić information content (AvgIpc) is 3.46. The Kier molecular flexibility index (Phi) is 4.46. The van der Waals surface area contributed by atoms with Crippen LogP contribution < -0.4 is 10.6 Å². The number of anilines is 1. The Bertz CT molecular complexity index is 991. The first-order valence-corrected chi connectivity index (χ1v) is 8.85. The molecule has 0 unspecified atom stereocenters. The molecule has 1 saturated carbocycles. The third-order valence-electron chi connectivity index (χ3n) is 4.45. The minimum absolute atomic E-state index is 0.211. The van der Waals surface area contributed by atoms with E-state index in [4.69, 9.17) is 4.42 Å². The van der Waals surface area contributed by atoms with E-state index in [1.807, 2.05) is 30.3 Å². The molecule has 0 spiro atoms. The van der Waals surface area contributed by atoms with Gasteiger partial charge in [-0.1, -0.05) is 24.3 Å². The number of nitrogens with zero attached hydrogens (tertiary/aromatic N) is 1. The topological polar surface area (TPSA) is 84.2 Å². The van der Waals surface area contributed by atoms with Crippen molar-refractivity contribution in [2.75, 3.05) is 12.4 Å². The van der Waals surface area contributed by atoms with Gasteiger partial charge in [0.15, 0.2) is 5.69 Å². The van der Waals surface area contributed by atoms with Gasteiger partial charge in [-0.15, -0.1) is 0 Å². The molecule has 1 aliphatic rings. The summed E-state index contributed by atoms with van der Waals surface area (Å²) < 4.78 is 5.93. The van der Waals surface area contributed by atoms with Gasteiger partial charge < -0.3 is 15.1 Å². The maximum atomic E-state index is 12.8. The van der Waals surface area contributed by atoms with Crippen LogP contribution >= 0.6 is 0 Å². The number of aromatic nitrogens is 1. The van der Waals surface area contributed by atoms with Crippen molar-refractivity contribution in [3.8, 4) is 11.5 Å². The molecule has 1 aliphatic carbocycles. The summed E-state index contributed by atoms with van der Waals surface area (Å²) in [5, 5.41) is 5.39. The summed E-state index contributed by atoms with van der Waals surface area (Å²) >= 11 is 0. The van der Waals surface area contributed by atoms with Gasteiger partial charge in [0.05, 0.1) is 0 Å². The minimum atomic E-state index is -0.336. The van der Waals surface area contributed by atoms with Crippen LogP contribution in [0, 0.1) is 0 Å². The molecule has 1 fully saturated rings. The van der Waals surface area contributed by atoms with E-state index in [1.54, 1.807) is 31.3 Å². The van der Waals surface area contributed by atoms with Crippen LogP contribution in [0.2, 0.25) is 0 Å². The lowest BCUT2D eigenvalue weighted by Gasteiger charge is -2.06. The summed E-state index contributed by atoms with van der Waals surface area (Å²) in [4.78, 5) is 29.1. The zero-order valence-corrected chi connectivity index (χ0v) is 14.9. The summed E-state index contributed by atoms with van der Waals surface area (Å²) in [7, 11) is 1.57. The zero-order chi connectivity index (χ0) is 18.8. The largest absolute Gasteiger partial charge is 0.440 e. The Balaban J connectivity index is 1.62. The van der Waals surface area contributed by atoms with Crippen LogP contribution in [0.5, 0.6) is 0 Å². The number of carbonyl (C=O) groups excluding carboxylic acids is 2. The fraction of sp³-hybridized carbons (Fsp3) is 0.190. The summed E-state index contributed by atoms with van der Waals surface area (Å²) in [6.45, 7) is 0. The predicted molar refractivity (Wildman–Crippen MR) is 102 cm³/mol. The van der Waals surface area contributed by atoms with E-state index in [1.165, 1.54) is 0 Å². The van der Waals surface area contributed by atoms with Gasteiger partial charge >= 0.3 is 0 Å². The highest BCUT2D eigenvalue weighted by atomic mass is 16.4. The van der Waals surface area contributed by atoms with Crippen LogP contribution in [0.25, 0.3) is 11.5 Å². The third-order valence-corrected chi connectivity index (χ3v) is 4.45. The Labute approximate surface area is 156 Å². The van der Waals surface area contributed by atoms with E-state index >= 15 is 0 Å². The minimum Gasteiger partial charge on any atom is -0.440 e. The van der Waals surface area contributed by atoms with Gasteiger partial charge in [0, 0.05) is 29.8 Å². The standard InChI is InChI=1S/C21H19N3O3/c1-22-19(25)15-8-5-9-16(12-15)23-20(26)17-18(13-10-11-13)27-21(24-17)14-6-3-2-4-7-14/h2-9,12-13H,10-11H2,1H3,(H,22,25)(H,23,26). The van der Waals surface area contributed by atoms with Gasteiger partial charge in [-0.2, -0.15) is 0 Å². The van der Waals surface area contributed by atoms with E-state index in [0.717, 1.165) is 18.4 Å². The van der Waals surface area contributed by atoms with Crippen LogP contribution in [0.1, 0.15) is 45.4 Å². The van der Waals surface area contributed by atoms with Crippen LogP contribution in [0.3, 0.4) is 0 Å². The molecule has 2 N–H and O–H groups in total. The molecule has 0 bridgehead atoms. The molecular weight excluding hydrogens is 342 g/mol. The monoisotopic (exact) mass is 361 g/mol. The van der Waals surface area contributed by atoms with Gasteiger partial charge in [0.2, 0.25) is 5.89 Å². The highest BCUT2D eigenvalue weighted by Gasteiger charge is 2.34. The molecule has 2 aromatic carbocycles. The van der Waals surface area contributed by atoms with Gasteiger partial charge in [-0.25, -0.2) is 4.98 Å². The molecule has 0 saturated heterocycles. The van der Waals surface area contributed by atoms with Crippen molar-refractivity contribution < 1.29 is 14.0 Å². The predicted octanol–water partition coefficient (Wildman–Crippen LogP) is 3.83. The van der Waals surface area contributed by atoms with Crippen molar-refractivity contribution in [3.63, 3.8) is 0 Å². The van der Waals surface area contributed by atoms with Crippen molar-refractivity contribution in [2.45, 2.75) is 18.8 Å². The lowest BCUT2D eigenvalue weighted by Crippen LogP contribution is -2.18. The number of oxazole rings is 1. The number of rotatable bonds is 5. The van der Waals surface area contributed by atoms with Crippen molar-refractivity contribution >= 4 is 17.5 Å². The number of hydrogen-bond donors (Lipinski definition) is 2. The normalized spacial score (nSPS) is 13.2. The van der Waals surface area contributed by atoms with Crippen LogP contribution in [0.15, 0.2) is 59.0 Å². The molecular formula is C21H19N3O3. The molecule has 2 amide bonds. The highest BCUT2D eigenvalue weighted by Crippen LogP contribution is 2.43. The molecule has 4 rings (SSSR count). The van der Waals surface area contributed by atoms with Gasteiger partial charge in [0.25, 0.3) is 11.8 Å². The lowest BCUT2D eigenvalue weighted by atomic mass is 10.2. The van der Waals surface area contributed by atoms with Crippen LogP contribution in [-0.4, -0.2) is 23.8 Å². The fourth-order valence-corrected chi connectivity index (χ4v) is 2.89. The Hall–Kier alpha value is -3.41. The zero-order valence-electron chi connectivity index (χ0n) is 14.9. The molecule has 1 aromatic heterocycles. The molecule has 1 heterocycles. The fourth-order valence-electron chi connectivity index (χ4n) is 2.89.